The van der Waals surface area contributed by atoms with Gasteiger partial charge in [-0.1, -0.05) is 18.2 Å². The topological polar surface area (TPSA) is 58.2 Å². The highest BCUT2D eigenvalue weighted by molar-refractivity contribution is 7.91. The maximum atomic E-state index is 11.4. The SMILES string of the molecule is O=S1(=O)C[C@@H](Cl)[C@H](NC(=S)Nc2ccccc2)C1. The Morgan fingerprint density at radius 2 is 1.94 bits per heavy atom. The van der Waals surface area contributed by atoms with Crippen LogP contribution in [0.1, 0.15) is 0 Å². The molecule has 1 aromatic carbocycles. The van der Waals surface area contributed by atoms with Gasteiger partial charge in [0.15, 0.2) is 14.9 Å². The quantitative estimate of drug-likeness (QED) is 0.638. The van der Waals surface area contributed by atoms with Gasteiger partial charge in [-0.15, -0.1) is 11.6 Å². The predicted molar refractivity (Wildman–Crippen MR) is 77.9 cm³/mol. The second kappa shape index (κ2) is 5.42. The third-order valence-electron chi connectivity index (χ3n) is 2.63. The van der Waals surface area contributed by atoms with E-state index in [-0.39, 0.29) is 17.5 Å². The first-order chi connectivity index (χ1) is 8.46. The van der Waals surface area contributed by atoms with Crippen molar-refractivity contribution >= 4 is 44.5 Å². The lowest BCUT2D eigenvalue weighted by atomic mass is 10.2. The highest BCUT2D eigenvalue weighted by Crippen LogP contribution is 2.18. The molecule has 0 saturated carbocycles. The van der Waals surface area contributed by atoms with Crippen LogP contribution >= 0.6 is 23.8 Å². The van der Waals surface area contributed by atoms with E-state index in [0.29, 0.717) is 5.11 Å². The van der Waals surface area contributed by atoms with Crippen LogP contribution in [-0.2, 0) is 9.84 Å². The van der Waals surface area contributed by atoms with Crippen LogP contribution in [-0.4, -0.2) is 36.5 Å². The average molecular weight is 305 g/mol. The summed E-state index contributed by atoms with van der Waals surface area (Å²) in [5.41, 5.74) is 0.849. The first-order valence-electron chi connectivity index (χ1n) is 5.43. The second-order valence-corrected chi connectivity index (χ2v) is 7.29. The number of sulfone groups is 1. The van der Waals surface area contributed by atoms with Crippen LogP contribution in [0.4, 0.5) is 5.69 Å². The Hall–Kier alpha value is -0.850. The summed E-state index contributed by atoms with van der Waals surface area (Å²) < 4.78 is 22.8. The van der Waals surface area contributed by atoms with E-state index in [0.717, 1.165) is 5.69 Å². The molecule has 4 nitrogen and oxygen atoms in total. The van der Waals surface area contributed by atoms with Gasteiger partial charge < -0.3 is 10.6 Å². The predicted octanol–water partition coefficient (Wildman–Crippen LogP) is 1.38. The van der Waals surface area contributed by atoms with Gasteiger partial charge in [-0.3, -0.25) is 0 Å². The molecule has 2 N–H and O–H groups in total. The van der Waals surface area contributed by atoms with Gasteiger partial charge in [0.2, 0.25) is 0 Å². The molecular formula is C11H13ClN2O2S2. The van der Waals surface area contributed by atoms with E-state index >= 15 is 0 Å². The molecule has 2 rings (SSSR count). The summed E-state index contributed by atoms with van der Waals surface area (Å²) in [6, 6.07) is 9.08. The summed E-state index contributed by atoms with van der Waals surface area (Å²) in [6.07, 6.45) is 0. The number of thiocarbonyl (C=S) groups is 1. The van der Waals surface area contributed by atoms with E-state index in [9.17, 15) is 8.42 Å². The Labute approximate surface area is 117 Å². The lowest BCUT2D eigenvalue weighted by molar-refractivity contribution is 0.600. The Bertz CT molecular complexity index is 533. The van der Waals surface area contributed by atoms with Crippen molar-refractivity contribution in [2.24, 2.45) is 0 Å². The van der Waals surface area contributed by atoms with Gasteiger partial charge in [0.05, 0.1) is 22.9 Å². The maximum Gasteiger partial charge on any atom is 0.171 e. The second-order valence-electron chi connectivity index (χ2n) is 4.16. The van der Waals surface area contributed by atoms with E-state index in [1.165, 1.54) is 0 Å². The van der Waals surface area contributed by atoms with Gasteiger partial charge in [0.1, 0.15) is 0 Å². The van der Waals surface area contributed by atoms with Crippen LogP contribution in [0.25, 0.3) is 0 Å². The van der Waals surface area contributed by atoms with Crippen LogP contribution in [0.15, 0.2) is 30.3 Å². The van der Waals surface area contributed by atoms with E-state index in [1.54, 1.807) is 0 Å². The zero-order chi connectivity index (χ0) is 13.2. The first-order valence-corrected chi connectivity index (χ1v) is 8.10. The number of rotatable bonds is 2. The summed E-state index contributed by atoms with van der Waals surface area (Å²) >= 11 is 11.1. The molecule has 0 bridgehead atoms. The average Bonchev–Trinajstić information content (AvgIpc) is 2.53. The fourth-order valence-electron chi connectivity index (χ4n) is 1.79. The molecule has 1 aliphatic rings. The molecule has 18 heavy (non-hydrogen) atoms. The monoisotopic (exact) mass is 304 g/mol. The minimum atomic E-state index is -3.04. The molecular weight excluding hydrogens is 292 g/mol. The lowest BCUT2D eigenvalue weighted by Crippen LogP contribution is -2.42. The Morgan fingerprint density at radius 1 is 1.28 bits per heavy atom. The molecule has 1 aromatic rings. The molecule has 7 heteroatoms. The zero-order valence-corrected chi connectivity index (χ0v) is 11.9. The fourth-order valence-corrected chi connectivity index (χ4v) is 4.61. The van der Waals surface area contributed by atoms with Crippen molar-refractivity contribution in [3.8, 4) is 0 Å². The molecule has 0 aliphatic carbocycles. The molecule has 0 radical (unpaired) electrons. The number of alkyl halides is 1. The lowest BCUT2D eigenvalue weighted by Gasteiger charge is -2.17. The minimum Gasteiger partial charge on any atom is -0.357 e. The van der Waals surface area contributed by atoms with Gasteiger partial charge in [-0.2, -0.15) is 0 Å². The third-order valence-corrected chi connectivity index (χ3v) is 5.23. The van der Waals surface area contributed by atoms with Crippen molar-refractivity contribution in [1.29, 1.82) is 0 Å². The van der Waals surface area contributed by atoms with Gasteiger partial charge >= 0.3 is 0 Å². The first kappa shape index (κ1) is 13.6. The fraction of sp³-hybridized carbons (Fsp3) is 0.364. The number of hydrogen-bond donors (Lipinski definition) is 2. The van der Waals surface area contributed by atoms with Crippen molar-refractivity contribution in [2.45, 2.75) is 11.4 Å². The van der Waals surface area contributed by atoms with E-state index < -0.39 is 15.2 Å². The smallest absolute Gasteiger partial charge is 0.171 e. The van der Waals surface area contributed by atoms with Crippen LogP contribution < -0.4 is 10.6 Å². The maximum absolute atomic E-state index is 11.4. The zero-order valence-electron chi connectivity index (χ0n) is 9.47. The van der Waals surface area contributed by atoms with E-state index in [2.05, 4.69) is 10.6 Å². The van der Waals surface area contributed by atoms with Crippen LogP contribution in [0.5, 0.6) is 0 Å². The van der Waals surface area contributed by atoms with E-state index in [4.69, 9.17) is 23.8 Å². The van der Waals surface area contributed by atoms with Crippen LogP contribution in [0.2, 0.25) is 0 Å². The molecule has 0 aromatic heterocycles. The van der Waals surface area contributed by atoms with Gasteiger partial charge in [-0.25, -0.2) is 8.42 Å². The number of para-hydroxylation sites is 1. The molecule has 1 aliphatic heterocycles. The number of halogens is 1. The van der Waals surface area contributed by atoms with Crippen molar-refractivity contribution in [1.82, 2.24) is 5.32 Å². The summed E-state index contributed by atoms with van der Waals surface area (Å²) in [5.74, 6) is 0.0257. The Morgan fingerprint density at radius 3 is 2.50 bits per heavy atom. The summed E-state index contributed by atoms with van der Waals surface area (Å²) in [4.78, 5) is 0. The van der Waals surface area contributed by atoms with Gasteiger partial charge in [0.25, 0.3) is 0 Å². The minimum absolute atomic E-state index is 0.000171. The number of hydrogen-bond acceptors (Lipinski definition) is 3. The molecule has 98 valence electrons. The highest BCUT2D eigenvalue weighted by atomic mass is 35.5. The molecule has 1 saturated heterocycles. The van der Waals surface area contributed by atoms with Crippen molar-refractivity contribution in [3.05, 3.63) is 30.3 Å². The van der Waals surface area contributed by atoms with Crippen molar-refractivity contribution < 1.29 is 8.42 Å². The number of benzene rings is 1. The van der Waals surface area contributed by atoms with Crippen LogP contribution in [0.3, 0.4) is 0 Å². The summed E-state index contributed by atoms with van der Waals surface area (Å²) in [6.45, 7) is 0. The van der Waals surface area contributed by atoms with Crippen molar-refractivity contribution in [2.75, 3.05) is 16.8 Å². The summed E-state index contributed by atoms with van der Waals surface area (Å²) in [5, 5.41) is 5.87. The number of anilines is 1. The highest BCUT2D eigenvalue weighted by Gasteiger charge is 2.36. The Kier molecular flexibility index (Phi) is 4.09. The standard InChI is InChI=1S/C11H13ClN2O2S2/c12-9-6-18(15,16)7-10(9)14-11(17)13-8-4-2-1-3-5-8/h1-5,9-10H,6-7H2,(H2,13,14,17)/t9-,10-/m1/s1. The molecule has 1 fully saturated rings. The number of nitrogens with one attached hydrogen (secondary N) is 2. The molecule has 1 heterocycles. The van der Waals surface area contributed by atoms with Crippen LogP contribution in [0, 0.1) is 0 Å². The normalized spacial score (nSPS) is 25.6. The van der Waals surface area contributed by atoms with E-state index in [1.807, 2.05) is 30.3 Å². The molecule has 2 atom stereocenters. The summed E-state index contributed by atoms with van der Waals surface area (Å²) in [7, 11) is -3.04. The van der Waals surface area contributed by atoms with Gasteiger partial charge in [-0.05, 0) is 24.4 Å². The molecule has 0 amide bonds. The molecule has 0 spiro atoms. The van der Waals surface area contributed by atoms with Gasteiger partial charge in [0, 0.05) is 5.69 Å². The van der Waals surface area contributed by atoms with Crippen molar-refractivity contribution in [3.63, 3.8) is 0 Å². The largest absolute Gasteiger partial charge is 0.357 e. The molecule has 0 unspecified atom stereocenters. The Balaban J connectivity index is 1.93. The third kappa shape index (κ3) is 3.57.